The summed E-state index contributed by atoms with van der Waals surface area (Å²) in [5.74, 6) is -0.806. The summed E-state index contributed by atoms with van der Waals surface area (Å²) >= 11 is 1.47. The first kappa shape index (κ1) is 9.83. The first-order chi connectivity index (χ1) is 6.64. The van der Waals surface area contributed by atoms with Gasteiger partial charge in [0.25, 0.3) is 0 Å². The van der Waals surface area contributed by atoms with E-state index in [0.717, 1.165) is 19.3 Å². The van der Waals surface area contributed by atoms with Gasteiger partial charge in [-0.1, -0.05) is 12.8 Å². The molecule has 1 heterocycles. The summed E-state index contributed by atoms with van der Waals surface area (Å²) in [6, 6.07) is 0. The number of hydrogen-bond donors (Lipinski definition) is 2. The number of carboxylic acids is 1. The molecule has 0 unspecified atom stereocenters. The Bertz CT molecular complexity index is 281. The van der Waals surface area contributed by atoms with E-state index < -0.39 is 16.8 Å². The molecule has 0 bridgehead atoms. The van der Waals surface area contributed by atoms with E-state index >= 15 is 0 Å². The maximum Gasteiger partial charge on any atom is 0.309 e. The lowest BCUT2D eigenvalue weighted by Crippen LogP contribution is -2.50. The zero-order valence-corrected chi connectivity index (χ0v) is 8.60. The molecule has 1 saturated heterocycles. The smallest absolute Gasteiger partial charge is 0.309 e. The average Bonchev–Trinajstić information content (AvgIpc) is 2.48. The van der Waals surface area contributed by atoms with Gasteiger partial charge in [0.1, 0.15) is 0 Å². The molecule has 0 radical (unpaired) electrons. The molecule has 1 amide bonds. The van der Waals surface area contributed by atoms with Gasteiger partial charge >= 0.3 is 5.97 Å². The molecule has 0 aromatic rings. The molecular weight excluding hydrogens is 202 g/mol. The molecule has 2 aliphatic rings. The Morgan fingerprint density at radius 1 is 1.57 bits per heavy atom. The lowest BCUT2D eigenvalue weighted by atomic mass is 9.84. The number of aliphatic carboxylic acids is 1. The molecule has 0 aromatic carbocycles. The first-order valence-electron chi connectivity index (χ1n) is 4.82. The van der Waals surface area contributed by atoms with Gasteiger partial charge in [0.05, 0.1) is 16.5 Å². The summed E-state index contributed by atoms with van der Waals surface area (Å²) in [6.45, 7) is 0. The molecule has 2 atom stereocenters. The van der Waals surface area contributed by atoms with E-state index in [-0.39, 0.29) is 5.91 Å². The van der Waals surface area contributed by atoms with Crippen LogP contribution in [-0.2, 0) is 9.59 Å². The van der Waals surface area contributed by atoms with Crippen molar-refractivity contribution in [2.24, 2.45) is 5.92 Å². The van der Waals surface area contributed by atoms with Crippen LogP contribution in [0.4, 0.5) is 0 Å². The predicted octanol–water partition coefficient (Wildman–Crippen LogP) is 0.821. The number of amides is 1. The van der Waals surface area contributed by atoms with E-state index in [1.807, 2.05) is 0 Å². The van der Waals surface area contributed by atoms with Crippen molar-refractivity contribution in [1.29, 1.82) is 0 Å². The summed E-state index contributed by atoms with van der Waals surface area (Å²) in [7, 11) is 0. The van der Waals surface area contributed by atoms with Gasteiger partial charge in [0.2, 0.25) is 5.91 Å². The number of thioether (sulfide) groups is 1. The third-order valence-corrected chi connectivity index (χ3v) is 4.48. The predicted molar refractivity (Wildman–Crippen MR) is 52.9 cm³/mol. The summed E-state index contributed by atoms with van der Waals surface area (Å²) < 4.78 is 0. The summed E-state index contributed by atoms with van der Waals surface area (Å²) in [4.78, 5) is 21.7. The molecule has 2 N–H and O–H groups in total. The van der Waals surface area contributed by atoms with Gasteiger partial charge in [-0.3, -0.25) is 9.59 Å². The summed E-state index contributed by atoms with van der Waals surface area (Å²) in [6.07, 6.45) is 3.44. The lowest BCUT2D eigenvalue weighted by Gasteiger charge is -2.37. The molecular formula is C9H13NO3S. The molecule has 14 heavy (non-hydrogen) atoms. The second-order valence-corrected chi connectivity index (χ2v) is 5.17. The van der Waals surface area contributed by atoms with Crippen LogP contribution in [0.3, 0.4) is 0 Å². The third kappa shape index (κ3) is 1.49. The Balaban J connectivity index is 2.21. The molecule has 1 aliphatic heterocycles. The van der Waals surface area contributed by atoms with Crippen LogP contribution < -0.4 is 5.32 Å². The van der Waals surface area contributed by atoms with Crippen LogP contribution in [0.25, 0.3) is 0 Å². The molecule has 2 fully saturated rings. The molecule has 5 heteroatoms. The fourth-order valence-electron chi connectivity index (χ4n) is 2.29. The van der Waals surface area contributed by atoms with E-state index in [0.29, 0.717) is 12.2 Å². The Kier molecular flexibility index (Phi) is 2.43. The van der Waals surface area contributed by atoms with Crippen LogP contribution >= 0.6 is 11.8 Å². The number of carboxylic acid groups (broad SMARTS) is 1. The van der Waals surface area contributed by atoms with Gasteiger partial charge in [-0.25, -0.2) is 0 Å². The Labute approximate surface area is 86.4 Å². The number of hydrogen-bond acceptors (Lipinski definition) is 3. The molecule has 1 aliphatic carbocycles. The van der Waals surface area contributed by atoms with Crippen molar-refractivity contribution in [3.8, 4) is 0 Å². The topological polar surface area (TPSA) is 66.4 Å². The van der Waals surface area contributed by atoms with Crippen LogP contribution in [0.15, 0.2) is 0 Å². The second kappa shape index (κ2) is 3.46. The van der Waals surface area contributed by atoms with Crippen molar-refractivity contribution in [1.82, 2.24) is 5.32 Å². The monoisotopic (exact) mass is 215 g/mol. The fraction of sp³-hybridized carbons (Fsp3) is 0.778. The van der Waals surface area contributed by atoms with Crippen molar-refractivity contribution < 1.29 is 14.7 Å². The molecule has 1 saturated carbocycles. The normalized spacial score (nSPS) is 37.1. The van der Waals surface area contributed by atoms with Crippen molar-refractivity contribution >= 4 is 23.6 Å². The molecule has 78 valence electrons. The van der Waals surface area contributed by atoms with Gasteiger partial charge in [-0.15, -0.1) is 11.8 Å². The minimum absolute atomic E-state index is 0.0249. The number of rotatable bonds is 1. The van der Waals surface area contributed by atoms with E-state index in [1.165, 1.54) is 11.8 Å². The number of carbonyl (C=O) groups is 2. The van der Waals surface area contributed by atoms with Crippen molar-refractivity contribution in [3.63, 3.8) is 0 Å². The SMILES string of the molecule is O=C1CS[C@]2(CCCC[C@H]2C(=O)O)N1. The average molecular weight is 215 g/mol. The lowest BCUT2D eigenvalue weighted by molar-refractivity contribution is -0.144. The Morgan fingerprint density at radius 3 is 2.93 bits per heavy atom. The van der Waals surface area contributed by atoms with Crippen molar-refractivity contribution in [2.75, 3.05) is 5.75 Å². The minimum atomic E-state index is -0.778. The fourth-order valence-corrected chi connectivity index (χ4v) is 3.65. The zero-order chi connectivity index (χ0) is 10.2. The molecule has 4 nitrogen and oxygen atoms in total. The minimum Gasteiger partial charge on any atom is -0.481 e. The molecule has 1 spiro atoms. The third-order valence-electron chi connectivity index (χ3n) is 2.96. The van der Waals surface area contributed by atoms with Gasteiger partial charge in [0, 0.05) is 0 Å². The maximum atomic E-state index is 11.2. The standard InChI is InChI=1S/C9H13NO3S/c11-7-5-14-9(10-7)4-2-1-3-6(9)8(12)13/h6H,1-5H2,(H,10,11)(H,12,13)/t6-,9-/m0/s1. The van der Waals surface area contributed by atoms with Crippen LogP contribution in [0, 0.1) is 5.92 Å². The van der Waals surface area contributed by atoms with Crippen LogP contribution in [0.2, 0.25) is 0 Å². The molecule has 0 aromatic heterocycles. The highest BCUT2D eigenvalue weighted by Crippen LogP contribution is 2.44. The highest BCUT2D eigenvalue weighted by atomic mass is 32.2. The number of nitrogens with one attached hydrogen (secondary N) is 1. The van der Waals surface area contributed by atoms with E-state index in [1.54, 1.807) is 0 Å². The Morgan fingerprint density at radius 2 is 2.36 bits per heavy atom. The first-order valence-corrected chi connectivity index (χ1v) is 5.80. The highest BCUT2D eigenvalue weighted by Gasteiger charge is 2.49. The van der Waals surface area contributed by atoms with Gasteiger partial charge in [0.15, 0.2) is 0 Å². The summed E-state index contributed by atoms with van der Waals surface area (Å²) in [5, 5.41) is 11.9. The second-order valence-electron chi connectivity index (χ2n) is 3.86. The van der Waals surface area contributed by atoms with Crippen molar-refractivity contribution in [3.05, 3.63) is 0 Å². The van der Waals surface area contributed by atoms with Gasteiger partial charge in [-0.2, -0.15) is 0 Å². The summed E-state index contributed by atoms with van der Waals surface area (Å²) in [5.41, 5.74) is 0. The van der Waals surface area contributed by atoms with E-state index in [9.17, 15) is 9.59 Å². The number of carbonyl (C=O) groups excluding carboxylic acids is 1. The van der Waals surface area contributed by atoms with Crippen LogP contribution in [0.1, 0.15) is 25.7 Å². The van der Waals surface area contributed by atoms with Crippen molar-refractivity contribution in [2.45, 2.75) is 30.6 Å². The Hall–Kier alpha value is -0.710. The highest BCUT2D eigenvalue weighted by molar-refractivity contribution is 8.01. The largest absolute Gasteiger partial charge is 0.481 e. The van der Waals surface area contributed by atoms with E-state index in [4.69, 9.17) is 5.11 Å². The zero-order valence-electron chi connectivity index (χ0n) is 7.78. The van der Waals surface area contributed by atoms with E-state index in [2.05, 4.69) is 5.32 Å². The van der Waals surface area contributed by atoms with Gasteiger partial charge in [-0.05, 0) is 12.8 Å². The van der Waals surface area contributed by atoms with Crippen LogP contribution in [0.5, 0.6) is 0 Å². The quantitative estimate of drug-likeness (QED) is 0.679. The molecule has 2 rings (SSSR count). The van der Waals surface area contributed by atoms with Gasteiger partial charge < -0.3 is 10.4 Å². The maximum absolute atomic E-state index is 11.2. The van der Waals surface area contributed by atoms with Crippen LogP contribution in [-0.4, -0.2) is 27.6 Å².